The van der Waals surface area contributed by atoms with Gasteiger partial charge in [-0.25, -0.2) is 0 Å². The van der Waals surface area contributed by atoms with Crippen LogP contribution in [0.25, 0.3) is 0 Å². The fourth-order valence-electron chi connectivity index (χ4n) is 3.48. The van der Waals surface area contributed by atoms with Crippen molar-refractivity contribution in [1.29, 1.82) is 0 Å². The monoisotopic (exact) mass is 480 g/mol. The number of ether oxygens (including phenoxy) is 2. The number of hydrogen-bond donors (Lipinski definition) is 1. The number of aromatic nitrogens is 2. The molecule has 0 bridgehead atoms. The summed E-state index contributed by atoms with van der Waals surface area (Å²) in [4.78, 5) is 4.37. The summed E-state index contributed by atoms with van der Waals surface area (Å²) >= 11 is 0. The van der Waals surface area contributed by atoms with Crippen LogP contribution in [-0.4, -0.2) is 23.3 Å². The average Bonchev–Trinajstić information content (AvgIpc) is 2.79. The first-order valence-corrected chi connectivity index (χ1v) is 10.5. The van der Waals surface area contributed by atoms with Gasteiger partial charge in [0.2, 0.25) is 0 Å². The van der Waals surface area contributed by atoms with Crippen LogP contribution in [-0.2, 0) is 12.0 Å². The molecular weight excluding hydrogens is 456 g/mol. The normalized spacial score (nSPS) is 14.1. The average molecular weight is 480 g/mol. The topological polar surface area (TPSA) is 78.5 Å². The molecule has 2 atom stereocenters. The lowest BCUT2D eigenvalue weighted by molar-refractivity contribution is -0.605. The van der Waals surface area contributed by atoms with Gasteiger partial charge in [0.25, 0.3) is 0 Å². The van der Waals surface area contributed by atoms with Crippen molar-refractivity contribution in [2.24, 2.45) is 0 Å². The van der Waals surface area contributed by atoms with Crippen molar-refractivity contribution >= 4 is 0 Å². The van der Waals surface area contributed by atoms with E-state index in [0.29, 0.717) is 34.4 Å². The van der Waals surface area contributed by atoms with E-state index in [1.165, 1.54) is 24.5 Å². The maximum Gasteiger partial charge on any atom is 0.387 e. The van der Waals surface area contributed by atoms with E-state index in [-0.39, 0.29) is 0 Å². The molecule has 10 heteroatoms. The Bertz CT molecular complexity index is 1080. The van der Waals surface area contributed by atoms with Crippen LogP contribution in [0.5, 0.6) is 11.5 Å². The first-order chi connectivity index (χ1) is 16.1. The van der Waals surface area contributed by atoms with E-state index in [1.54, 1.807) is 37.4 Å². The summed E-state index contributed by atoms with van der Waals surface area (Å²) in [6.45, 7) is -2.99. The van der Waals surface area contributed by atoms with Gasteiger partial charge in [-0.15, -0.1) is 0 Å². The number of pyridine rings is 2. The Morgan fingerprint density at radius 2 is 1.59 bits per heavy atom. The molecule has 3 rings (SSSR count). The predicted octanol–water partition coefficient (Wildman–Crippen LogP) is 4.91. The number of nitrogens with zero attached hydrogens (tertiary/aromatic N) is 2. The highest BCUT2D eigenvalue weighted by Crippen LogP contribution is 2.37. The first kappa shape index (κ1) is 25.2. The Balaban J connectivity index is 2.05. The maximum atomic E-state index is 12.9. The minimum absolute atomic E-state index is 0.342. The van der Waals surface area contributed by atoms with Crippen LogP contribution in [0.1, 0.15) is 48.6 Å². The lowest BCUT2D eigenvalue weighted by atomic mass is 9.86. The van der Waals surface area contributed by atoms with Gasteiger partial charge >= 0.3 is 13.2 Å². The molecule has 34 heavy (non-hydrogen) atoms. The van der Waals surface area contributed by atoms with E-state index in [4.69, 9.17) is 0 Å². The van der Waals surface area contributed by atoms with E-state index >= 15 is 0 Å². The number of rotatable bonds is 10. The summed E-state index contributed by atoms with van der Waals surface area (Å²) in [7, 11) is 0. The number of hydrogen-bond acceptors (Lipinski definition) is 5. The standard InChI is InChI=1S/C24H24F4N2O4/c1-3-24(2,31)21-7-5-17(14-29-21)18(12-15-8-10-30(32)11-9-15)16-4-6-19(33-22(25)26)20(13-16)34-23(27)28/h4-11,13-14,18,22-23,31H,3,12H2,1-2H3. The number of benzene rings is 1. The lowest BCUT2D eigenvalue weighted by Crippen LogP contribution is -2.24. The zero-order valence-electron chi connectivity index (χ0n) is 18.5. The predicted molar refractivity (Wildman–Crippen MR) is 115 cm³/mol. The summed E-state index contributed by atoms with van der Waals surface area (Å²) < 4.78 is 60.7. The third-order valence-corrected chi connectivity index (χ3v) is 5.54. The second kappa shape index (κ2) is 10.7. The SMILES string of the molecule is CCC(C)(O)c1ccc(C(Cc2cc[n+]([O-])cc2)c2ccc(OC(F)F)c(OC(F)F)c2)cn1. The molecule has 0 fully saturated rings. The Labute approximate surface area is 194 Å². The zero-order valence-corrected chi connectivity index (χ0v) is 18.5. The van der Waals surface area contributed by atoms with Crippen LogP contribution >= 0.6 is 0 Å². The number of alkyl halides is 4. The van der Waals surface area contributed by atoms with Crippen LogP contribution in [0.3, 0.4) is 0 Å². The van der Waals surface area contributed by atoms with E-state index < -0.39 is 36.2 Å². The van der Waals surface area contributed by atoms with Crippen molar-refractivity contribution in [2.45, 2.75) is 51.4 Å². The fraction of sp³-hybridized carbons (Fsp3) is 0.333. The molecule has 2 aromatic heterocycles. The molecule has 1 N–H and O–H groups in total. The second-order valence-corrected chi connectivity index (χ2v) is 7.89. The van der Waals surface area contributed by atoms with Crippen LogP contribution in [0.2, 0.25) is 0 Å². The van der Waals surface area contributed by atoms with Gasteiger partial charge in [0, 0.05) is 24.2 Å². The Hall–Kier alpha value is -3.40. The summed E-state index contributed by atoms with van der Waals surface area (Å²) in [6, 6.07) is 10.5. The molecule has 0 saturated carbocycles. The minimum Gasteiger partial charge on any atom is -0.619 e. The van der Waals surface area contributed by atoms with Gasteiger partial charge in [-0.1, -0.05) is 19.1 Å². The largest absolute Gasteiger partial charge is 0.619 e. The van der Waals surface area contributed by atoms with Crippen LogP contribution in [0.4, 0.5) is 17.6 Å². The van der Waals surface area contributed by atoms with Gasteiger partial charge in [0.15, 0.2) is 23.9 Å². The van der Waals surface area contributed by atoms with E-state index in [1.807, 2.05) is 6.92 Å². The molecule has 0 spiro atoms. The molecule has 0 amide bonds. The molecule has 0 saturated heterocycles. The number of aliphatic hydroxyl groups is 1. The van der Waals surface area contributed by atoms with Crippen LogP contribution < -0.4 is 14.2 Å². The summed E-state index contributed by atoms with van der Waals surface area (Å²) in [5, 5.41) is 21.9. The molecule has 3 aromatic rings. The van der Waals surface area contributed by atoms with E-state index in [2.05, 4.69) is 14.5 Å². The Morgan fingerprint density at radius 3 is 2.15 bits per heavy atom. The summed E-state index contributed by atoms with van der Waals surface area (Å²) in [6.07, 6.45) is 5.02. The molecule has 0 aliphatic carbocycles. The molecular formula is C24H24F4N2O4. The molecule has 0 radical (unpaired) electrons. The number of halogens is 4. The van der Waals surface area contributed by atoms with Crippen molar-refractivity contribution in [3.8, 4) is 11.5 Å². The van der Waals surface area contributed by atoms with Gasteiger partial charge in [0.1, 0.15) is 5.60 Å². The molecule has 182 valence electrons. The molecule has 6 nitrogen and oxygen atoms in total. The third kappa shape index (κ3) is 6.34. The molecule has 0 aliphatic heterocycles. The van der Waals surface area contributed by atoms with Gasteiger partial charge in [0.05, 0.1) is 5.69 Å². The van der Waals surface area contributed by atoms with Crippen molar-refractivity contribution in [2.75, 3.05) is 0 Å². The summed E-state index contributed by atoms with van der Waals surface area (Å²) in [5.41, 5.74) is 1.27. The smallest absolute Gasteiger partial charge is 0.387 e. The van der Waals surface area contributed by atoms with Crippen molar-refractivity contribution in [3.63, 3.8) is 0 Å². The van der Waals surface area contributed by atoms with Crippen molar-refractivity contribution in [1.82, 2.24) is 4.98 Å². The van der Waals surface area contributed by atoms with Crippen LogP contribution in [0, 0.1) is 5.21 Å². The van der Waals surface area contributed by atoms with Gasteiger partial charge in [-0.2, -0.15) is 22.3 Å². The quantitative estimate of drug-likeness (QED) is 0.254. The van der Waals surface area contributed by atoms with Crippen LogP contribution in [0.15, 0.2) is 61.1 Å². The highest BCUT2D eigenvalue weighted by atomic mass is 19.3. The second-order valence-electron chi connectivity index (χ2n) is 7.89. The van der Waals surface area contributed by atoms with Gasteiger partial charge in [-0.05, 0) is 54.7 Å². The zero-order chi connectivity index (χ0) is 24.9. The maximum absolute atomic E-state index is 12.9. The third-order valence-electron chi connectivity index (χ3n) is 5.54. The first-order valence-electron chi connectivity index (χ1n) is 10.5. The highest BCUT2D eigenvalue weighted by molar-refractivity contribution is 5.46. The molecule has 0 aliphatic rings. The molecule has 1 aromatic carbocycles. The van der Waals surface area contributed by atoms with Crippen molar-refractivity contribution < 1.29 is 36.9 Å². The molecule has 2 heterocycles. The summed E-state index contributed by atoms with van der Waals surface area (Å²) in [5.74, 6) is -1.50. The van der Waals surface area contributed by atoms with E-state index in [9.17, 15) is 27.9 Å². The van der Waals surface area contributed by atoms with Crippen molar-refractivity contribution in [3.05, 3.63) is 88.6 Å². The van der Waals surface area contributed by atoms with Gasteiger partial charge in [-0.3, -0.25) is 4.98 Å². The highest BCUT2D eigenvalue weighted by Gasteiger charge is 2.24. The fourth-order valence-corrected chi connectivity index (χ4v) is 3.48. The van der Waals surface area contributed by atoms with Gasteiger partial charge < -0.3 is 19.8 Å². The Morgan fingerprint density at radius 1 is 0.971 bits per heavy atom. The Kier molecular flexibility index (Phi) is 7.93. The lowest BCUT2D eigenvalue weighted by Gasteiger charge is -2.23. The minimum atomic E-state index is -3.24. The molecule has 2 unspecified atom stereocenters. The van der Waals surface area contributed by atoms with E-state index in [0.717, 1.165) is 11.6 Å².